The van der Waals surface area contributed by atoms with Crippen molar-refractivity contribution in [2.45, 2.75) is 49.6 Å². The van der Waals surface area contributed by atoms with Crippen LogP contribution in [0.4, 0.5) is 0 Å². The van der Waals surface area contributed by atoms with Gasteiger partial charge in [-0.1, -0.05) is 30.3 Å². The quantitative estimate of drug-likeness (QED) is 0.718. The van der Waals surface area contributed by atoms with Gasteiger partial charge in [-0.25, -0.2) is 8.42 Å². The first-order valence-electron chi connectivity index (χ1n) is 9.92. The molecule has 0 saturated carbocycles. The molecule has 0 aromatic heterocycles. The number of benzene rings is 2. The summed E-state index contributed by atoms with van der Waals surface area (Å²) in [4.78, 5) is 13.0. The Morgan fingerprint density at radius 1 is 1.17 bits per heavy atom. The van der Waals surface area contributed by atoms with Crippen molar-refractivity contribution in [3.8, 4) is 5.75 Å². The second-order valence-corrected chi connectivity index (χ2v) is 9.27. The summed E-state index contributed by atoms with van der Waals surface area (Å²) in [6.07, 6.45) is 2.83. The standard InChI is InChI=1S/C22H28N2O4S/c1-17(10-11-18-12-14-19(28-2)15-13-18)23-22(25)21-9-6-16-24(21)29(26,27)20-7-4-3-5-8-20/h3-5,7-8,12-15,17,21H,6,9-11,16H2,1-2H3,(H,23,25). The van der Waals surface area contributed by atoms with Crippen molar-refractivity contribution in [1.82, 2.24) is 9.62 Å². The zero-order valence-electron chi connectivity index (χ0n) is 16.9. The average Bonchev–Trinajstić information content (AvgIpc) is 3.24. The minimum absolute atomic E-state index is 0.0496. The highest BCUT2D eigenvalue weighted by Crippen LogP contribution is 2.26. The van der Waals surface area contributed by atoms with Crippen molar-refractivity contribution in [1.29, 1.82) is 0 Å². The highest BCUT2D eigenvalue weighted by Gasteiger charge is 2.39. The molecule has 0 bridgehead atoms. The fraction of sp³-hybridized carbons (Fsp3) is 0.409. The zero-order chi connectivity index (χ0) is 20.9. The Hall–Kier alpha value is -2.38. The van der Waals surface area contributed by atoms with E-state index in [0.717, 1.165) is 18.6 Å². The van der Waals surface area contributed by atoms with Crippen molar-refractivity contribution < 1.29 is 17.9 Å². The van der Waals surface area contributed by atoms with E-state index in [-0.39, 0.29) is 16.8 Å². The third-order valence-corrected chi connectivity index (χ3v) is 7.19. The van der Waals surface area contributed by atoms with Crippen LogP contribution in [0.5, 0.6) is 5.75 Å². The first-order valence-corrected chi connectivity index (χ1v) is 11.4. The zero-order valence-corrected chi connectivity index (χ0v) is 17.7. The van der Waals surface area contributed by atoms with Crippen molar-refractivity contribution in [2.24, 2.45) is 0 Å². The van der Waals surface area contributed by atoms with Gasteiger partial charge >= 0.3 is 0 Å². The Morgan fingerprint density at radius 2 is 1.86 bits per heavy atom. The maximum Gasteiger partial charge on any atom is 0.243 e. The van der Waals surface area contributed by atoms with E-state index in [1.54, 1.807) is 37.4 Å². The number of methoxy groups -OCH3 is 1. The van der Waals surface area contributed by atoms with Gasteiger partial charge in [0, 0.05) is 12.6 Å². The molecule has 1 amide bonds. The number of hydrogen-bond acceptors (Lipinski definition) is 4. The molecule has 0 aliphatic carbocycles. The van der Waals surface area contributed by atoms with Gasteiger partial charge in [-0.05, 0) is 62.4 Å². The van der Waals surface area contributed by atoms with E-state index in [0.29, 0.717) is 19.4 Å². The molecule has 2 atom stereocenters. The summed E-state index contributed by atoms with van der Waals surface area (Å²) in [5.74, 6) is 0.597. The molecule has 6 nitrogen and oxygen atoms in total. The summed E-state index contributed by atoms with van der Waals surface area (Å²) in [5, 5.41) is 3.00. The Balaban J connectivity index is 1.58. The van der Waals surface area contributed by atoms with Crippen LogP contribution >= 0.6 is 0 Å². The number of rotatable bonds is 8. The van der Waals surface area contributed by atoms with Gasteiger partial charge in [0.05, 0.1) is 12.0 Å². The van der Waals surface area contributed by atoms with Gasteiger partial charge < -0.3 is 10.1 Å². The summed E-state index contributed by atoms with van der Waals surface area (Å²) in [6.45, 7) is 2.32. The normalized spacial score (nSPS) is 18.3. The van der Waals surface area contributed by atoms with Crippen molar-refractivity contribution >= 4 is 15.9 Å². The number of amides is 1. The van der Waals surface area contributed by atoms with E-state index >= 15 is 0 Å². The molecule has 2 aromatic carbocycles. The first-order chi connectivity index (χ1) is 13.9. The van der Waals surface area contributed by atoms with E-state index in [1.807, 2.05) is 31.2 Å². The number of carbonyl (C=O) groups is 1. The molecular formula is C22H28N2O4S. The monoisotopic (exact) mass is 416 g/mol. The van der Waals surface area contributed by atoms with Crippen LogP contribution in [-0.4, -0.2) is 44.4 Å². The van der Waals surface area contributed by atoms with Crippen LogP contribution in [0.15, 0.2) is 59.5 Å². The van der Waals surface area contributed by atoms with E-state index in [1.165, 1.54) is 9.87 Å². The fourth-order valence-corrected chi connectivity index (χ4v) is 5.28. The second kappa shape index (κ2) is 9.41. The summed E-state index contributed by atoms with van der Waals surface area (Å²) in [5.41, 5.74) is 1.17. The molecule has 0 radical (unpaired) electrons. The Labute approximate surface area is 172 Å². The van der Waals surface area contributed by atoms with Crippen LogP contribution < -0.4 is 10.1 Å². The molecule has 1 saturated heterocycles. The number of carbonyl (C=O) groups excluding carboxylic acids is 1. The van der Waals surface area contributed by atoms with Gasteiger partial charge in [-0.2, -0.15) is 4.31 Å². The van der Waals surface area contributed by atoms with Crippen LogP contribution in [0.25, 0.3) is 0 Å². The molecule has 7 heteroatoms. The van der Waals surface area contributed by atoms with E-state index in [2.05, 4.69) is 5.32 Å². The molecule has 0 spiro atoms. The molecule has 3 rings (SSSR count). The molecule has 1 aliphatic heterocycles. The lowest BCUT2D eigenvalue weighted by Gasteiger charge is -2.25. The van der Waals surface area contributed by atoms with Gasteiger partial charge in [0.1, 0.15) is 11.8 Å². The summed E-state index contributed by atoms with van der Waals surface area (Å²) < 4.78 is 32.4. The number of hydrogen-bond donors (Lipinski definition) is 1. The molecule has 2 unspecified atom stereocenters. The third-order valence-electron chi connectivity index (χ3n) is 5.27. The minimum Gasteiger partial charge on any atom is -0.497 e. The smallest absolute Gasteiger partial charge is 0.243 e. The van der Waals surface area contributed by atoms with E-state index < -0.39 is 16.1 Å². The number of nitrogens with one attached hydrogen (secondary N) is 1. The highest BCUT2D eigenvalue weighted by molar-refractivity contribution is 7.89. The molecule has 29 heavy (non-hydrogen) atoms. The van der Waals surface area contributed by atoms with Crippen molar-refractivity contribution in [3.63, 3.8) is 0 Å². The first kappa shape index (κ1) is 21.3. The summed E-state index contributed by atoms with van der Waals surface area (Å²) in [7, 11) is -2.03. The SMILES string of the molecule is COc1ccc(CCC(C)NC(=O)C2CCCN2S(=O)(=O)c2ccccc2)cc1. The van der Waals surface area contributed by atoms with Crippen LogP contribution in [0.2, 0.25) is 0 Å². The number of ether oxygens (including phenoxy) is 1. The van der Waals surface area contributed by atoms with Crippen molar-refractivity contribution in [3.05, 3.63) is 60.2 Å². The maximum atomic E-state index is 12.9. The van der Waals surface area contributed by atoms with Gasteiger partial charge in [-0.3, -0.25) is 4.79 Å². The molecule has 156 valence electrons. The van der Waals surface area contributed by atoms with Crippen molar-refractivity contribution in [2.75, 3.05) is 13.7 Å². The lowest BCUT2D eigenvalue weighted by Crippen LogP contribution is -2.48. The number of nitrogens with zero attached hydrogens (tertiary/aromatic N) is 1. The van der Waals surface area contributed by atoms with Crippen LogP contribution in [0.3, 0.4) is 0 Å². The topological polar surface area (TPSA) is 75.7 Å². The number of aryl methyl sites for hydroxylation is 1. The minimum atomic E-state index is -3.67. The van der Waals surface area contributed by atoms with Crippen LogP contribution in [-0.2, 0) is 21.2 Å². The average molecular weight is 417 g/mol. The molecule has 1 heterocycles. The lowest BCUT2D eigenvalue weighted by molar-refractivity contribution is -0.124. The predicted octanol–water partition coefficient (Wildman–Crippen LogP) is 2.99. The van der Waals surface area contributed by atoms with E-state index in [9.17, 15) is 13.2 Å². The Morgan fingerprint density at radius 3 is 2.52 bits per heavy atom. The van der Waals surface area contributed by atoms with Gasteiger partial charge in [0.2, 0.25) is 15.9 Å². The van der Waals surface area contributed by atoms with Gasteiger partial charge in [0.25, 0.3) is 0 Å². The molecule has 1 N–H and O–H groups in total. The molecule has 2 aromatic rings. The molecular weight excluding hydrogens is 388 g/mol. The summed E-state index contributed by atoms with van der Waals surface area (Å²) >= 11 is 0. The Bertz CT molecular complexity index is 914. The third kappa shape index (κ3) is 5.16. The fourth-order valence-electron chi connectivity index (χ4n) is 3.60. The molecule has 1 fully saturated rings. The van der Waals surface area contributed by atoms with Gasteiger partial charge in [0.15, 0.2) is 0 Å². The van der Waals surface area contributed by atoms with Gasteiger partial charge in [-0.15, -0.1) is 0 Å². The second-order valence-electron chi connectivity index (χ2n) is 7.38. The number of sulfonamides is 1. The molecule has 1 aliphatic rings. The predicted molar refractivity (Wildman–Crippen MR) is 112 cm³/mol. The maximum absolute atomic E-state index is 12.9. The van der Waals surface area contributed by atoms with Crippen LogP contribution in [0, 0.1) is 0 Å². The van der Waals surface area contributed by atoms with E-state index in [4.69, 9.17) is 4.74 Å². The van der Waals surface area contributed by atoms with Crippen LogP contribution in [0.1, 0.15) is 31.7 Å². The summed E-state index contributed by atoms with van der Waals surface area (Å²) in [6, 6.07) is 15.5. The Kier molecular flexibility index (Phi) is 6.92. The largest absolute Gasteiger partial charge is 0.497 e. The highest BCUT2D eigenvalue weighted by atomic mass is 32.2. The lowest BCUT2D eigenvalue weighted by atomic mass is 10.1.